The molecule has 5 heteroatoms. The minimum absolute atomic E-state index is 0. The highest BCUT2D eigenvalue weighted by atomic mass is 35.5. The van der Waals surface area contributed by atoms with E-state index in [4.69, 9.17) is 4.74 Å². The number of hydrogen-bond donors (Lipinski definition) is 1. The van der Waals surface area contributed by atoms with Gasteiger partial charge in [0, 0.05) is 19.3 Å². The maximum Gasteiger partial charge on any atom is 0.338 e. The molecule has 0 aliphatic carbocycles. The molecule has 0 aromatic rings. The van der Waals surface area contributed by atoms with Crippen LogP contribution in [0.25, 0.3) is 0 Å². The van der Waals surface area contributed by atoms with Gasteiger partial charge in [-0.3, -0.25) is 0 Å². The summed E-state index contributed by atoms with van der Waals surface area (Å²) in [6.07, 6.45) is 3.55. The van der Waals surface area contributed by atoms with Gasteiger partial charge in [-0.15, -0.1) is 0 Å². The molecule has 2 aliphatic rings. The van der Waals surface area contributed by atoms with Crippen molar-refractivity contribution in [2.24, 2.45) is 0 Å². The Morgan fingerprint density at radius 3 is 2.41 bits per heavy atom. The molecule has 1 unspecified atom stereocenters. The zero-order chi connectivity index (χ0) is 11.8. The molecule has 2 rings (SSSR count). The molecule has 1 N–H and O–H groups in total. The third-order valence-electron chi connectivity index (χ3n) is 3.80. The van der Waals surface area contributed by atoms with Crippen LogP contribution in [-0.2, 0) is 9.53 Å². The van der Waals surface area contributed by atoms with E-state index in [1.165, 1.54) is 39.8 Å². The molecule has 17 heavy (non-hydrogen) atoms. The number of carbonyl (C=O) groups is 1. The molecular formula is C12H22ClNO3. The number of rotatable bonds is 2. The van der Waals surface area contributed by atoms with E-state index in [-0.39, 0.29) is 18.5 Å². The van der Waals surface area contributed by atoms with Crippen molar-refractivity contribution in [3.05, 3.63) is 0 Å². The molecule has 4 nitrogen and oxygen atoms in total. The Kier molecular flexibility index (Phi) is 4.44. The average molecular weight is 264 g/mol. The number of ether oxygens (including phenoxy) is 1. The molecule has 2 fully saturated rings. The molecule has 2 aliphatic heterocycles. The van der Waals surface area contributed by atoms with Crippen molar-refractivity contribution in [3.8, 4) is 0 Å². The van der Waals surface area contributed by atoms with Crippen molar-refractivity contribution in [2.45, 2.75) is 44.8 Å². The van der Waals surface area contributed by atoms with E-state index in [0.717, 1.165) is 24.0 Å². The van der Waals surface area contributed by atoms with Gasteiger partial charge in [0.15, 0.2) is 11.7 Å². The Hall–Kier alpha value is -0.320. The summed E-state index contributed by atoms with van der Waals surface area (Å²) < 4.78 is 6.49. The van der Waals surface area contributed by atoms with Gasteiger partial charge in [0.1, 0.15) is 6.54 Å². The summed E-state index contributed by atoms with van der Waals surface area (Å²) in [5, 5.41) is 9.52. The Labute approximate surface area is 109 Å². The van der Waals surface area contributed by atoms with Crippen molar-refractivity contribution < 1.29 is 31.5 Å². The first-order chi connectivity index (χ1) is 7.41. The third kappa shape index (κ3) is 3.33. The fourth-order valence-electron chi connectivity index (χ4n) is 2.84. The average Bonchev–Trinajstić information content (AvgIpc) is 2.77. The molecule has 2 heterocycles. The first-order valence-corrected chi connectivity index (χ1v) is 6.20. The lowest BCUT2D eigenvalue weighted by atomic mass is 10.1. The topological polar surface area (TPSA) is 46.5 Å². The number of hydrogen-bond acceptors (Lipinski definition) is 3. The van der Waals surface area contributed by atoms with Crippen LogP contribution in [0.2, 0.25) is 0 Å². The van der Waals surface area contributed by atoms with Crippen LogP contribution in [0.4, 0.5) is 0 Å². The Morgan fingerprint density at radius 1 is 1.29 bits per heavy atom. The Bertz CT molecular complexity index is 282. The van der Waals surface area contributed by atoms with Gasteiger partial charge < -0.3 is 26.7 Å². The van der Waals surface area contributed by atoms with Crippen molar-refractivity contribution in [1.82, 2.24) is 0 Å². The molecule has 1 spiro atoms. The molecule has 0 aromatic heterocycles. The van der Waals surface area contributed by atoms with E-state index in [9.17, 15) is 9.90 Å². The van der Waals surface area contributed by atoms with E-state index in [1.807, 2.05) is 0 Å². The normalized spacial score (nSPS) is 26.9. The predicted molar refractivity (Wildman–Crippen MR) is 59.8 cm³/mol. The van der Waals surface area contributed by atoms with Crippen molar-refractivity contribution >= 4 is 5.97 Å². The first kappa shape index (κ1) is 14.7. The summed E-state index contributed by atoms with van der Waals surface area (Å²) in [5.74, 6) is -0.489. The maximum absolute atomic E-state index is 11.5. The standard InChI is InChI=1S/C12H22NO3.ClH/c1-12(2,15)11(14)16-10-5-8-13(9-10)6-3-4-7-13;/h10,15H,3-9H2,1-2H3;1H/q+1;/p-1. The van der Waals surface area contributed by atoms with Crippen molar-refractivity contribution in [3.63, 3.8) is 0 Å². The summed E-state index contributed by atoms with van der Waals surface area (Å²) in [4.78, 5) is 11.5. The second-order valence-corrected chi connectivity index (χ2v) is 5.78. The minimum Gasteiger partial charge on any atom is -1.00 e. The largest absolute Gasteiger partial charge is 1.00 e. The summed E-state index contributed by atoms with van der Waals surface area (Å²) in [5.41, 5.74) is -1.36. The zero-order valence-corrected chi connectivity index (χ0v) is 11.4. The molecule has 0 saturated carbocycles. The molecule has 0 amide bonds. The SMILES string of the molecule is CC(C)(O)C(=O)OC1CC[N+]2(CCCC2)C1.[Cl-]. The molecule has 0 bridgehead atoms. The molecule has 100 valence electrons. The number of carbonyl (C=O) groups excluding carboxylic acids is 1. The number of nitrogens with zero attached hydrogens (tertiary/aromatic N) is 1. The van der Waals surface area contributed by atoms with E-state index >= 15 is 0 Å². The fraction of sp³-hybridized carbons (Fsp3) is 0.917. The molecule has 0 aromatic carbocycles. The van der Waals surface area contributed by atoms with Gasteiger partial charge in [-0.25, -0.2) is 4.79 Å². The van der Waals surface area contributed by atoms with Gasteiger partial charge in [-0.1, -0.05) is 0 Å². The van der Waals surface area contributed by atoms with E-state index < -0.39 is 11.6 Å². The van der Waals surface area contributed by atoms with Crippen LogP contribution in [0.3, 0.4) is 0 Å². The second-order valence-electron chi connectivity index (χ2n) is 5.78. The van der Waals surface area contributed by atoms with Gasteiger partial charge in [0.2, 0.25) is 0 Å². The smallest absolute Gasteiger partial charge is 0.338 e. The number of esters is 1. The number of halogens is 1. The fourth-order valence-corrected chi connectivity index (χ4v) is 2.84. The minimum atomic E-state index is -1.36. The van der Waals surface area contributed by atoms with Gasteiger partial charge in [-0.05, 0) is 13.8 Å². The van der Waals surface area contributed by atoms with Crippen LogP contribution in [0.5, 0.6) is 0 Å². The van der Waals surface area contributed by atoms with E-state index in [0.29, 0.717) is 0 Å². The van der Waals surface area contributed by atoms with E-state index in [1.54, 1.807) is 0 Å². The van der Waals surface area contributed by atoms with Crippen LogP contribution in [0.1, 0.15) is 33.1 Å². The molecule has 2 saturated heterocycles. The highest BCUT2D eigenvalue weighted by Gasteiger charge is 2.43. The summed E-state index contributed by atoms with van der Waals surface area (Å²) in [6, 6.07) is 0. The van der Waals surface area contributed by atoms with Crippen molar-refractivity contribution in [2.75, 3.05) is 26.2 Å². The number of quaternary nitrogens is 1. The lowest BCUT2D eigenvalue weighted by Gasteiger charge is -2.28. The van der Waals surface area contributed by atoms with Gasteiger partial charge in [0.25, 0.3) is 0 Å². The quantitative estimate of drug-likeness (QED) is 0.450. The zero-order valence-electron chi connectivity index (χ0n) is 10.6. The summed E-state index contributed by atoms with van der Waals surface area (Å²) in [6.45, 7) is 7.49. The van der Waals surface area contributed by atoms with Crippen LogP contribution in [0.15, 0.2) is 0 Å². The second kappa shape index (κ2) is 5.12. The van der Waals surface area contributed by atoms with Crippen molar-refractivity contribution in [1.29, 1.82) is 0 Å². The highest BCUT2D eigenvalue weighted by Crippen LogP contribution is 2.28. The molecular weight excluding hydrogens is 242 g/mol. The lowest BCUT2D eigenvalue weighted by Crippen LogP contribution is -3.00. The van der Waals surface area contributed by atoms with Gasteiger partial charge in [-0.2, -0.15) is 0 Å². The van der Waals surface area contributed by atoms with Gasteiger partial charge >= 0.3 is 5.97 Å². The van der Waals surface area contributed by atoms with Crippen LogP contribution >= 0.6 is 0 Å². The van der Waals surface area contributed by atoms with Gasteiger partial charge in [0.05, 0.1) is 19.6 Å². The number of aliphatic hydroxyl groups is 1. The van der Waals surface area contributed by atoms with Crippen LogP contribution < -0.4 is 12.4 Å². The van der Waals surface area contributed by atoms with E-state index in [2.05, 4.69) is 0 Å². The predicted octanol–water partition coefficient (Wildman–Crippen LogP) is -2.31. The van der Waals surface area contributed by atoms with Crippen LogP contribution in [-0.4, -0.2) is 53.4 Å². The lowest BCUT2D eigenvalue weighted by molar-refractivity contribution is -0.906. The molecule has 1 atom stereocenters. The Balaban J connectivity index is 0.00000144. The summed E-state index contributed by atoms with van der Waals surface area (Å²) in [7, 11) is 0. The maximum atomic E-state index is 11.5. The summed E-state index contributed by atoms with van der Waals surface area (Å²) >= 11 is 0. The monoisotopic (exact) mass is 263 g/mol. The highest BCUT2D eigenvalue weighted by molar-refractivity contribution is 5.78. The first-order valence-electron chi connectivity index (χ1n) is 6.20. The Morgan fingerprint density at radius 2 is 1.88 bits per heavy atom. The van der Waals surface area contributed by atoms with Crippen LogP contribution in [0, 0.1) is 0 Å². The molecule has 0 radical (unpaired) electrons. The third-order valence-corrected chi connectivity index (χ3v) is 3.80.